The summed E-state index contributed by atoms with van der Waals surface area (Å²) in [6.45, 7) is 4.87. The first kappa shape index (κ1) is 21.0. The quantitative estimate of drug-likeness (QED) is 0.351. The zero-order valence-electron chi connectivity index (χ0n) is 16.7. The van der Waals surface area contributed by atoms with Crippen molar-refractivity contribution in [2.75, 3.05) is 20.8 Å². The van der Waals surface area contributed by atoms with Gasteiger partial charge in [-0.05, 0) is 48.2 Å². The van der Waals surface area contributed by atoms with Crippen molar-refractivity contribution < 1.29 is 19.0 Å². The van der Waals surface area contributed by atoms with Crippen molar-refractivity contribution in [3.05, 3.63) is 59.2 Å². The molecule has 2 rings (SSSR count). The van der Waals surface area contributed by atoms with Crippen molar-refractivity contribution in [2.24, 2.45) is 5.92 Å². The maximum absolute atomic E-state index is 12.7. The number of nitrogens with zero attached hydrogens (tertiary/aromatic N) is 1. The van der Waals surface area contributed by atoms with Crippen LogP contribution in [0.1, 0.15) is 36.2 Å². The van der Waals surface area contributed by atoms with E-state index in [9.17, 15) is 10.1 Å². The highest BCUT2D eigenvalue weighted by Gasteiger charge is 2.14. The van der Waals surface area contributed by atoms with Gasteiger partial charge in [0.1, 0.15) is 17.4 Å². The predicted octanol–water partition coefficient (Wildman–Crippen LogP) is 4.92. The zero-order valence-corrected chi connectivity index (χ0v) is 16.7. The highest BCUT2D eigenvalue weighted by Crippen LogP contribution is 2.29. The lowest BCUT2D eigenvalue weighted by Crippen LogP contribution is -2.03. The first-order valence-electron chi connectivity index (χ1n) is 9.09. The molecule has 0 unspecified atom stereocenters. The second-order valence-corrected chi connectivity index (χ2v) is 6.67. The van der Waals surface area contributed by atoms with Gasteiger partial charge in [-0.3, -0.25) is 4.79 Å². The number of hydrogen-bond donors (Lipinski definition) is 0. The van der Waals surface area contributed by atoms with Gasteiger partial charge < -0.3 is 14.2 Å². The van der Waals surface area contributed by atoms with Crippen LogP contribution >= 0.6 is 0 Å². The van der Waals surface area contributed by atoms with Gasteiger partial charge in [0.15, 0.2) is 11.5 Å². The van der Waals surface area contributed by atoms with E-state index in [0.717, 1.165) is 6.42 Å². The van der Waals surface area contributed by atoms with E-state index in [1.807, 2.05) is 6.07 Å². The van der Waals surface area contributed by atoms with Crippen LogP contribution in [0, 0.1) is 17.2 Å². The Morgan fingerprint density at radius 3 is 2.54 bits per heavy atom. The molecule has 0 fully saturated rings. The number of carbonyl (C=O) groups excluding carboxylic acids is 1. The highest BCUT2D eigenvalue weighted by atomic mass is 16.5. The Kier molecular flexibility index (Phi) is 7.65. The van der Waals surface area contributed by atoms with Crippen molar-refractivity contribution in [1.82, 2.24) is 0 Å². The first-order valence-corrected chi connectivity index (χ1v) is 9.09. The van der Waals surface area contributed by atoms with E-state index in [0.29, 0.717) is 40.9 Å². The summed E-state index contributed by atoms with van der Waals surface area (Å²) in [6.07, 6.45) is 2.49. The van der Waals surface area contributed by atoms with Gasteiger partial charge in [0, 0.05) is 5.56 Å². The molecule has 2 aromatic carbocycles. The maximum Gasteiger partial charge on any atom is 0.203 e. The molecule has 146 valence electrons. The second kappa shape index (κ2) is 10.2. The number of ether oxygens (including phenoxy) is 3. The lowest BCUT2D eigenvalue weighted by Gasteiger charge is -2.12. The van der Waals surface area contributed by atoms with Gasteiger partial charge in [0.2, 0.25) is 5.78 Å². The standard InChI is InChI=1S/C23H25NO4/c1-16(2)10-11-28-21-9-8-17(13-22(21)27-4)12-19(15-24)23(25)18-6-5-7-20(14-18)26-3/h5-9,12-14,16H,10-11H2,1-4H3/b19-12+. The van der Waals surface area contributed by atoms with Crippen LogP contribution < -0.4 is 14.2 Å². The fraction of sp³-hybridized carbons (Fsp3) is 0.304. The van der Waals surface area contributed by atoms with Crippen LogP contribution in [0.4, 0.5) is 0 Å². The van der Waals surface area contributed by atoms with E-state index in [1.165, 1.54) is 7.11 Å². The molecule has 0 saturated heterocycles. The summed E-state index contributed by atoms with van der Waals surface area (Å²) in [5.41, 5.74) is 1.11. The molecule has 5 nitrogen and oxygen atoms in total. The number of nitriles is 1. The topological polar surface area (TPSA) is 68.6 Å². The molecule has 0 aromatic heterocycles. The number of allylic oxidation sites excluding steroid dienone is 1. The molecule has 0 bridgehead atoms. The van der Waals surface area contributed by atoms with Crippen LogP contribution in [0.3, 0.4) is 0 Å². The molecule has 0 N–H and O–H groups in total. The minimum atomic E-state index is -0.363. The third-order valence-electron chi connectivity index (χ3n) is 4.15. The molecule has 0 amide bonds. The monoisotopic (exact) mass is 379 g/mol. The van der Waals surface area contributed by atoms with E-state index in [-0.39, 0.29) is 11.4 Å². The Morgan fingerprint density at radius 2 is 1.89 bits per heavy atom. The Morgan fingerprint density at radius 1 is 1.11 bits per heavy atom. The Labute approximate surface area is 166 Å². The van der Waals surface area contributed by atoms with Gasteiger partial charge in [-0.15, -0.1) is 0 Å². The van der Waals surface area contributed by atoms with Gasteiger partial charge in [-0.2, -0.15) is 5.26 Å². The van der Waals surface area contributed by atoms with Crippen molar-refractivity contribution in [3.8, 4) is 23.3 Å². The molecule has 0 atom stereocenters. The fourth-order valence-corrected chi connectivity index (χ4v) is 2.53. The first-order chi connectivity index (χ1) is 13.5. The number of benzene rings is 2. The Bertz CT molecular complexity index is 894. The van der Waals surface area contributed by atoms with Crippen molar-refractivity contribution >= 4 is 11.9 Å². The lowest BCUT2D eigenvalue weighted by molar-refractivity contribution is 0.103. The lowest BCUT2D eigenvalue weighted by atomic mass is 10.0. The smallest absolute Gasteiger partial charge is 0.203 e. The number of ketones is 1. The molecule has 0 radical (unpaired) electrons. The van der Waals surface area contributed by atoms with Crippen LogP contribution in [0.15, 0.2) is 48.0 Å². The van der Waals surface area contributed by atoms with Gasteiger partial charge in [-0.25, -0.2) is 0 Å². The molecular weight excluding hydrogens is 354 g/mol. The number of hydrogen-bond acceptors (Lipinski definition) is 5. The van der Waals surface area contributed by atoms with Crippen molar-refractivity contribution in [1.29, 1.82) is 5.26 Å². The van der Waals surface area contributed by atoms with Crippen LogP contribution in [0.5, 0.6) is 17.2 Å². The molecule has 0 aliphatic rings. The van der Waals surface area contributed by atoms with Gasteiger partial charge in [0.25, 0.3) is 0 Å². The van der Waals surface area contributed by atoms with Gasteiger partial charge in [-0.1, -0.05) is 32.0 Å². The summed E-state index contributed by atoms with van der Waals surface area (Å²) in [7, 11) is 3.09. The van der Waals surface area contributed by atoms with Crippen LogP contribution in [-0.2, 0) is 0 Å². The minimum Gasteiger partial charge on any atom is -0.497 e. The molecule has 0 heterocycles. The van der Waals surface area contributed by atoms with Crippen LogP contribution in [0.25, 0.3) is 6.08 Å². The SMILES string of the molecule is COc1cccc(C(=O)/C(C#N)=C/c2ccc(OCCC(C)C)c(OC)c2)c1. The number of Topliss-reactive ketones (excluding diaryl/α,β-unsaturated/α-hetero) is 1. The Hall–Kier alpha value is -3.26. The molecular formula is C23H25NO4. The average molecular weight is 379 g/mol. The van der Waals surface area contributed by atoms with E-state index >= 15 is 0 Å². The molecule has 5 heteroatoms. The number of carbonyl (C=O) groups is 1. The minimum absolute atomic E-state index is 0.0313. The summed E-state index contributed by atoms with van der Waals surface area (Å²) in [5, 5.41) is 9.47. The second-order valence-electron chi connectivity index (χ2n) is 6.67. The Balaban J connectivity index is 2.25. The van der Waals surface area contributed by atoms with E-state index in [1.54, 1.807) is 55.7 Å². The normalized spacial score (nSPS) is 11.1. The molecule has 0 spiro atoms. The van der Waals surface area contributed by atoms with Crippen molar-refractivity contribution in [2.45, 2.75) is 20.3 Å². The third kappa shape index (κ3) is 5.62. The molecule has 0 aliphatic carbocycles. The molecule has 0 aliphatic heterocycles. The predicted molar refractivity (Wildman–Crippen MR) is 109 cm³/mol. The molecule has 0 saturated carbocycles. The third-order valence-corrected chi connectivity index (χ3v) is 4.15. The van der Waals surface area contributed by atoms with E-state index in [2.05, 4.69) is 13.8 Å². The number of rotatable bonds is 9. The zero-order chi connectivity index (χ0) is 20.5. The summed E-state index contributed by atoms with van der Waals surface area (Å²) in [5.74, 6) is 1.95. The van der Waals surface area contributed by atoms with Gasteiger partial charge in [0.05, 0.1) is 20.8 Å². The summed E-state index contributed by atoms with van der Waals surface area (Å²) in [4.78, 5) is 12.7. The summed E-state index contributed by atoms with van der Waals surface area (Å²) < 4.78 is 16.3. The van der Waals surface area contributed by atoms with Crippen molar-refractivity contribution in [3.63, 3.8) is 0 Å². The van der Waals surface area contributed by atoms with Crippen LogP contribution in [0.2, 0.25) is 0 Å². The number of methoxy groups -OCH3 is 2. The largest absolute Gasteiger partial charge is 0.497 e. The summed E-state index contributed by atoms with van der Waals surface area (Å²) >= 11 is 0. The van der Waals surface area contributed by atoms with Gasteiger partial charge >= 0.3 is 0 Å². The maximum atomic E-state index is 12.7. The van der Waals surface area contributed by atoms with E-state index < -0.39 is 0 Å². The van der Waals surface area contributed by atoms with Crippen LogP contribution in [-0.4, -0.2) is 26.6 Å². The molecule has 2 aromatic rings. The highest BCUT2D eigenvalue weighted by molar-refractivity contribution is 6.14. The average Bonchev–Trinajstić information content (AvgIpc) is 2.71. The fourth-order valence-electron chi connectivity index (χ4n) is 2.53. The summed E-state index contributed by atoms with van der Waals surface area (Å²) in [6, 6.07) is 14.0. The molecule has 28 heavy (non-hydrogen) atoms. The van der Waals surface area contributed by atoms with E-state index in [4.69, 9.17) is 14.2 Å².